The summed E-state index contributed by atoms with van der Waals surface area (Å²) in [6.07, 6.45) is 0. The van der Waals surface area contributed by atoms with E-state index < -0.39 is 39.0 Å². The van der Waals surface area contributed by atoms with Gasteiger partial charge < -0.3 is 4.74 Å². The molecule has 3 aromatic rings. The maximum absolute atomic E-state index is 13.7. The lowest BCUT2D eigenvalue weighted by Crippen LogP contribution is -2.42. The van der Waals surface area contributed by atoms with E-state index >= 15 is 0 Å². The van der Waals surface area contributed by atoms with Crippen LogP contribution in [0.3, 0.4) is 0 Å². The van der Waals surface area contributed by atoms with E-state index in [2.05, 4.69) is 4.72 Å². The standard InChI is InChI=1S/C21H17F2N3O5S/c1-31-15-10-8-14(9-11-15)26-32(29,30)16-5-2-4-13(12-16)20(27)24-25-21(28)19-17(22)6-3-7-18(19)23/h2-12,26H,1H3,(H,24,27)(H,25,28). The summed E-state index contributed by atoms with van der Waals surface area (Å²) in [6, 6.07) is 14.0. The highest BCUT2D eigenvalue weighted by molar-refractivity contribution is 7.92. The third-order valence-electron chi connectivity index (χ3n) is 4.23. The molecule has 166 valence electrons. The molecule has 0 aliphatic carbocycles. The van der Waals surface area contributed by atoms with Gasteiger partial charge in [-0.25, -0.2) is 17.2 Å². The number of benzene rings is 3. The minimum atomic E-state index is -4.03. The van der Waals surface area contributed by atoms with E-state index in [1.165, 1.54) is 37.4 Å². The smallest absolute Gasteiger partial charge is 0.275 e. The van der Waals surface area contributed by atoms with E-state index in [0.29, 0.717) is 5.75 Å². The molecule has 0 saturated carbocycles. The van der Waals surface area contributed by atoms with Crippen molar-refractivity contribution in [2.24, 2.45) is 0 Å². The van der Waals surface area contributed by atoms with E-state index in [1.54, 1.807) is 12.1 Å². The number of hydrogen-bond donors (Lipinski definition) is 3. The second-order valence-corrected chi connectivity index (χ2v) is 8.05. The fraction of sp³-hybridized carbons (Fsp3) is 0.0476. The zero-order chi connectivity index (χ0) is 23.3. The van der Waals surface area contributed by atoms with Crippen molar-refractivity contribution < 1.29 is 31.5 Å². The molecule has 0 unspecified atom stereocenters. The Morgan fingerprint density at radius 1 is 0.844 bits per heavy atom. The summed E-state index contributed by atoms with van der Waals surface area (Å²) in [6.45, 7) is 0. The number of methoxy groups -OCH3 is 1. The van der Waals surface area contributed by atoms with Crippen LogP contribution in [0, 0.1) is 11.6 Å². The quantitative estimate of drug-likeness (QED) is 0.489. The van der Waals surface area contributed by atoms with Gasteiger partial charge >= 0.3 is 0 Å². The third kappa shape index (κ3) is 5.19. The number of halogens is 2. The van der Waals surface area contributed by atoms with Gasteiger partial charge in [-0.3, -0.25) is 25.2 Å². The average Bonchev–Trinajstić information content (AvgIpc) is 2.77. The summed E-state index contributed by atoms with van der Waals surface area (Å²) in [5.74, 6) is -3.76. The van der Waals surface area contributed by atoms with Crippen molar-refractivity contribution in [2.45, 2.75) is 4.90 Å². The molecule has 0 bridgehead atoms. The fourth-order valence-electron chi connectivity index (χ4n) is 2.64. The van der Waals surface area contributed by atoms with Gasteiger partial charge in [-0.05, 0) is 54.6 Å². The molecule has 3 aromatic carbocycles. The predicted molar refractivity (Wildman–Crippen MR) is 112 cm³/mol. The summed E-state index contributed by atoms with van der Waals surface area (Å²) >= 11 is 0. The first-order valence-corrected chi connectivity index (χ1v) is 10.5. The topological polar surface area (TPSA) is 114 Å². The summed E-state index contributed by atoms with van der Waals surface area (Å²) in [5, 5.41) is 0. The van der Waals surface area contributed by atoms with Crippen LogP contribution >= 0.6 is 0 Å². The number of rotatable bonds is 6. The molecule has 32 heavy (non-hydrogen) atoms. The van der Waals surface area contributed by atoms with Crippen LogP contribution in [0.4, 0.5) is 14.5 Å². The second-order valence-electron chi connectivity index (χ2n) is 6.37. The molecule has 0 heterocycles. The van der Waals surface area contributed by atoms with Crippen molar-refractivity contribution >= 4 is 27.5 Å². The summed E-state index contributed by atoms with van der Waals surface area (Å²) in [5.41, 5.74) is 3.18. The van der Waals surface area contributed by atoms with Crippen molar-refractivity contribution in [3.05, 3.63) is 89.5 Å². The number of anilines is 1. The van der Waals surface area contributed by atoms with Crippen molar-refractivity contribution in [2.75, 3.05) is 11.8 Å². The molecule has 0 aliphatic rings. The molecule has 2 amide bonds. The van der Waals surface area contributed by atoms with E-state index in [9.17, 15) is 26.8 Å². The summed E-state index contributed by atoms with van der Waals surface area (Å²) in [4.78, 5) is 24.1. The zero-order valence-electron chi connectivity index (χ0n) is 16.6. The van der Waals surface area contributed by atoms with E-state index in [4.69, 9.17) is 4.74 Å². The molecule has 0 aliphatic heterocycles. The normalized spacial score (nSPS) is 10.8. The molecule has 0 atom stereocenters. The van der Waals surface area contributed by atoms with Crippen molar-refractivity contribution in [3.63, 3.8) is 0 Å². The van der Waals surface area contributed by atoms with Gasteiger partial charge in [0.15, 0.2) is 0 Å². The fourth-order valence-corrected chi connectivity index (χ4v) is 3.74. The number of amides is 2. The Morgan fingerprint density at radius 2 is 1.44 bits per heavy atom. The molecule has 3 rings (SSSR count). The third-order valence-corrected chi connectivity index (χ3v) is 5.61. The number of hydrogen-bond acceptors (Lipinski definition) is 5. The van der Waals surface area contributed by atoms with Crippen LogP contribution in [0.15, 0.2) is 71.6 Å². The Hall–Kier alpha value is -3.99. The molecule has 0 spiro atoms. The molecular weight excluding hydrogens is 444 g/mol. The molecule has 3 N–H and O–H groups in total. The SMILES string of the molecule is COc1ccc(NS(=O)(=O)c2cccc(C(=O)NNC(=O)c3c(F)cccc3F)c2)cc1. The number of sulfonamides is 1. The van der Waals surface area contributed by atoms with Gasteiger partial charge in [-0.1, -0.05) is 12.1 Å². The van der Waals surface area contributed by atoms with Crippen LogP contribution < -0.4 is 20.3 Å². The molecular formula is C21H17F2N3O5S. The first kappa shape index (κ1) is 22.7. The monoisotopic (exact) mass is 461 g/mol. The average molecular weight is 461 g/mol. The molecule has 0 radical (unpaired) electrons. The lowest BCUT2D eigenvalue weighted by molar-refractivity contribution is 0.0841. The maximum Gasteiger partial charge on any atom is 0.275 e. The van der Waals surface area contributed by atoms with E-state index in [1.807, 2.05) is 10.9 Å². The van der Waals surface area contributed by atoms with Gasteiger partial charge in [-0.2, -0.15) is 0 Å². The van der Waals surface area contributed by atoms with Crippen LogP contribution in [-0.2, 0) is 10.0 Å². The van der Waals surface area contributed by atoms with Crippen molar-refractivity contribution in [1.82, 2.24) is 10.9 Å². The Balaban J connectivity index is 1.71. The Labute approximate surface area is 182 Å². The van der Waals surface area contributed by atoms with Gasteiger partial charge in [0.25, 0.3) is 21.8 Å². The predicted octanol–water partition coefficient (Wildman–Crippen LogP) is 2.85. The zero-order valence-corrected chi connectivity index (χ0v) is 17.4. The highest BCUT2D eigenvalue weighted by atomic mass is 32.2. The van der Waals surface area contributed by atoms with E-state index in [-0.39, 0.29) is 16.1 Å². The summed E-state index contributed by atoms with van der Waals surface area (Å²) in [7, 11) is -2.55. The number of carbonyl (C=O) groups is 2. The maximum atomic E-state index is 13.7. The van der Waals surface area contributed by atoms with Gasteiger partial charge in [-0.15, -0.1) is 0 Å². The molecule has 0 fully saturated rings. The number of ether oxygens (including phenoxy) is 1. The highest BCUT2D eigenvalue weighted by Crippen LogP contribution is 2.20. The number of hydrazine groups is 1. The van der Waals surface area contributed by atoms with Crippen LogP contribution in [0.2, 0.25) is 0 Å². The van der Waals surface area contributed by atoms with Gasteiger partial charge in [0.2, 0.25) is 0 Å². The first-order chi connectivity index (χ1) is 15.2. The lowest BCUT2D eigenvalue weighted by atomic mass is 10.2. The van der Waals surface area contributed by atoms with Gasteiger partial charge in [0.1, 0.15) is 22.9 Å². The van der Waals surface area contributed by atoms with Crippen LogP contribution in [0.1, 0.15) is 20.7 Å². The van der Waals surface area contributed by atoms with Gasteiger partial charge in [0.05, 0.1) is 12.0 Å². The van der Waals surface area contributed by atoms with Crippen molar-refractivity contribution in [3.8, 4) is 5.75 Å². The van der Waals surface area contributed by atoms with Crippen molar-refractivity contribution in [1.29, 1.82) is 0 Å². The van der Waals surface area contributed by atoms with E-state index in [0.717, 1.165) is 24.3 Å². The van der Waals surface area contributed by atoms with Crippen LogP contribution in [0.25, 0.3) is 0 Å². The Kier molecular flexibility index (Phi) is 6.69. The second kappa shape index (κ2) is 9.43. The molecule has 0 saturated heterocycles. The molecule has 0 aromatic heterocycles. The minimum absolute atomic E-state index is 0.114. The Morgan fingerprint density at radius 3 is 2.06 bits per heavy atom. The number of nitrogens with one attached hydrogen (secondary N) is 3. The first-order valence-electron chi connectivity index (χ1n) is 9.03. The minimum Gasteiger partial charge on any atom is -0.497 e. The van der Waals surface area contributed by atoms with Gasteiger partial charge in [0, 0.05) is 11.3 Å². The number of carbonyl (C=O) groups excluding carboxylic acids is 2. The van der Waals surface area contributed by atoms with Crippen LogP contribution in [-0.4, -0.2) is 27.3 Å². The van der Waals surface area contributed by atoms with Crippen LogP contribution in [0.5, 0.6) is 5.75 Å². The molecule has 8 nitrogen and oxygen atoms in total. The summed E-state index contributed by atoms with van der Waals surface area (Å²) < 4.78 is 60.0. The Bertz CT molecular complexity index is 1240. The largest absolute Gasteiger partial charge is 0.497 e. The molecule has 11 heteroatoms. The lowest BCUT2D eigenvalue weighted by Gasteiger charge is -2.11. The highest BCUT2D eigenvalue weighted by Gasteiger charge is 2.19.